The lowest BCUT2D eigenvalue weighted by Crippen LogP contribution is -2.30. The zero-order chi connectivity index (χ0) is 26.8. The Morgan fingerprint density at radius 3 is 2.50 bits per heavy atom. The predicted molar refractivity (Wildman–Crippen MR) is 149 cm³/mol. The highest BCUT2D eigenvalue weighted by Crippen LogP contribution is 2.34. The summed E-state index contributed by atoms with van der Waals surface area (Å²) in [6, 6.07) is 23.4. The first-order valence-corrected chi connectivity index (χ1v) is 13.5. The van der Waals surface area contributed by atoms with Gasteiger partial charge in [-0.3, -0.25) is 4.79 Å². The molecule has 0 saturated heterocycles. The second kappa shape index (κ2) is 13.1. The van der Waals surface area contributed by atoms with E-state index in [-0.39, 0.29) is 5.97 Å². The van der Waals surface area contributed by atoms with Crippen LogP contribution in [0.15, 0.2) is 94.7 Å². The standard InChI is InChI=1S/C30H33N3O4S/c1-4-5-17-36-29(34)30(2,3)38-26-15-13-23(14-16-26)20-33(21-25-12-9-18-35-25)27-19-28(32-22-31-27)37-24-10-7-6-8-11-24/h6-16,18-19,22H,4-5,17,20-21H2,1-3H3. The van der Waals surface area contributed by atoms with E-state index in [1.807, 2.05) is 74.5 Å². The van der Waals surface area contributed by atoms with Crippen molar-refractivity contribution in [3.8, 4) is 11.6 Å². The van der Waals surface area contributed by atoms with Crippen molar-refractivity contribution in [3.63, 3.8) is 0 Å². The van der Waals surface area contributed by atoms with E-state index in [1.54, 1.807) is 6.26 Å². The van der Waals surface area contributed by atoms with Gasteiger partial charge in [-0.05, 0) is 62.2 Å². The van der Waals surface area contributed by atoms with E-state index in [1.165, 1.54) is 18.1 Å². The second-order valence-electron chi connectivity index (χ2n) is 9.31. The van der Waals surface area contributed by atoms with Gasteiger partial charge in [-0.1, -0.05) is 43.7 Å². The van der Waals surface area contributed by atoms with Crippen molar-refractivity contribution < 1.29 is 18.7 Å². The number of thioether (sulfide) groups is 1. The Bertz CT molecular complexity index is 1280. The highest BCUT2D eigenvalue weighted by molar-refractivity contribution is 8.01. The summed E-state index contributed by atoms with van der Waals surface area (Å²) in [5.74, 6) is 2.52. The number of benzene rings is 2. The molecule has 0 aliphatic rings. The number of hydrogen-bond acceptors (Lipinski definition) is 8. The monoisotopic (exact) mass is 531 g/mol. The van der Waals surface area contributed by atoms with Crippen LogP contribution in [0, 0.1) is 0 Å². The quantitative estimate of drug-likeness (QED) is 0.101. The summed E-state index contributed by atoms with van der Waals surface area (Å²) in [7, 11) is 0. The van der Waals surface area contributed by atoms with E-state index in [2.05, 4.69) is 33.9 Å². The van der Waals surface area contributed by atoms with Gasteiger partial charge in [0.2, 0.25) is 5.88 Å². The molecule has 2 heterocycles. The van der Waals surface area contributed by atoms with Crippen molar-refractivity contribution in [1.29, 1.82) is 0 Å². The zero-order valence-electron chi connectivity index (χ0n) is 22.0. The Labute approximate surface area is 228 Å². The van der Waals surface area contributed by atoms with Crippen molar-refractivity contribution in [3.05, 3.63) is 96.7 Å². The summed E-state index contributed by atoms with van der Waals surface area (Å²) in [5.41, 5.74) is 1.09. The minimum atomic E-state index is -0.670. The van der Waals surface area contributed by atoms with Gasteiger partial charge in [-0.25, -0.2) is 9.97 Å². The van der Waals surface area contributed by atoms with Gasteiger partial charge in [0, 0.05) is 17.5 Å². The summed E-state index contributed by atoms with van der Waals surface area (Å²) in [5, 5.41) is 0. The van der Waals surface area contributed by atoms with Crippen molar-refractivity contribution in [2.24, 2.45) is 0 Å². The summed E-state index contributed by atoms with van der Waals surface area (Å²) in [4.78, 5) is 24.4. The smallest absolute Gasteiger partial charge is 0.321 e. The molecule has 2 aromatic heterocycles. The third-order valence-corrected chi connectivity index (χ3v) is 6.92. The van der Waals surface area contributed by atoms with Crippen molar-refractivity contribution in [1.82, 2.24) is 9.97 Å². The fourth-order valence-corrected chi connectivity index (χ4v) is 4.68. The van der Waals surface area contributed by atoms with Gasteiger partial charge in [0.25, 0.3) is 0 Å². The zero-order valence-corrected chi connectivity index (χ0v) is 22.8. The van der Waals surface area contributed by atoms with Crippen LogP contribution in [-0.2, 0) is 22.6 Å². The van der Waals surface area contributed by atoms with Gasteiger partial charge in [0.1, 0.15) is 28.4 Å². The van der Waals surface area contributed by atoms with Crippen molar-refractivity contribution in [2.75, 3.05) is 11.5 Å². The molecular formula is C30H33N3O4S. The molecule has 7 nitrogen and oxygen atoms in total. The highest BCUT2D eigenvalue weighted by atomic mass is 32.2. The summed E-state index contributed by atoms with van der Waals surface area (Å²) < 4.78 is 16.3. The number of furan rings is 1. The third-order valence-electron chi connectivity index (χ3n) is 5.74. The van der Waals surface area contributed by atoms with Gasteiger partial charge < -0.3 is 18.8 Å². The molecule has 0 bridgehead atoms. The molecule has 0 fully saturated rings. The van der Waals surface area contributed by atoms with Crippen LogP contribution in [0.1, 0.15) is 44.9 Å². The van der Waals surface area contributed by atoms with E-state index < -0.39 is 4.75 Å². The van der Waals surface area contributed by atoms with Crippen LogP contribution in [0.2, 0.25) is 0 Å². The molecule has 0 spiro atoms. The van der Waals surface area contributed by atoms with Crippen molar-refractivity contribution >= 4 is 23.5 Å². The predicted octanol–water partition coefficient (Wildman–Crippen LogP) is 7.28. The Morgan fingerprint density at radius 2 is 1.79 bits per heavy atom. The minimum Gasteiger partial charge on any atom is -0.467 e. The molecule has 4 aromatic rings. The first-order valence-electron chi connectivity index (χ1n) is 12.7. The second-order valence-corrected chi connectivity index (χ2v) is 11.0. The topological polar surface area (TPSA) is 77.7 Å². The van der Waals surface area contributed by atoms with Crippen LogP contribution in [0.25, 0.3) is 0 Å². The number of esters is 1. The van der Waals surface area contributed by atoms with Gasteiger partial charge >= 0.3 is 5.97 Å². The maximum atomic E-state index is 12.5. The van der Waals surface area contributed by atoms with Crippen LogP contribution in [0.4, 0.5) is 5.82 Å². The number of anilines is 1. The average Bonchev–Trinajstić information content (AvgIpc) is 3.43. The van der Waals surface area contributed by atoms with Crippen LogP contribution >= 0.6 is 11.8 Å². The number of hydrogen-bond donors (Lipinski definition) is 0. The van der Waals surface area contributed by atoms with E-state index in [9.17, 15) is 4.79 Å². The van der Waals surface area contributed by atoms with Crippen LogP contribution in [0.3, 0.4) is 0 Å². The molecular weight excluding hydrogens is 498 g/mol. The lowest BCUT2D eigenvalue weighted by Gasteiger charge is -2.24. The maximum Gasteiger partial charge on any atom is 0.321 e. The molecule has 0 aliphatic carbocycles. The highest BCUT2D eigenvalue weighted by Gasteiger charge is 2.30. The molecule has 8 heteroatoms. The van der Waals surface area contributed by atoms with Gasteiger partial charge in [0.15, 0.2) is 0 Å². The lowest BCUT2D eigenvalue weighted by molar-refractivity contribution is -0.145. The Balaban J connectivity index is 1.47. The normalized spacial score (nSPS) is 11.2. The molecule has 0 atom stereocenters. The number of unbranched alkanes of at least 4 members (excludes halogenated alkanes) is 1. The van der Waals surface area contributed by atoms with Gasteiger partial charge in [0.05, 0.1) is 19.4 Å². The number of carbonyl (C=O) groups excluding carboxylic acids is 1. The molecule has 0 aliphatic heterocycles. The summed E-state index contributed by atoms with van der Waals surface area (Å²) in [6.45, 7) is 7.46. The van der Waals surface area contributed by atoms with E-state index in [0.29, 0.717) is 31.3 Å². The first-order chi connectivity index (χ1) is 18.4. The SMILES string of the molecule is CCCCOC(=O)C(C)(C)Sc1ccc(CN(Cc2ccco2)c2cc(Oc3ccccc3)ncn2)cc1. The number of rotatable bonds is 13. The van der Waals surface area contributed by atoms with Gasteiger partial charge in [-0.15, -0.1) is 11.8 Å². The largest absolute Gasteiger partial charge is 0.467 e. The first kappa shape index (κ1) is 27.3. The molecule has 4 rings (SSSR count). The van der Waals surface area contributed by atoms with Crippen molar-refractivity contribution in [2.45, 2.75) is 56.3 Å². The van der Waals surface area contributed by atoms with Crippen LogP contribution in [-0.4, -0.2) is 27.3 Å². The number of ether oxygens (including phenoxy) is 2. The summed E-state index contributed by atoms with van der Waals surface area (Å²) in [6.07, 6.45) is 5.04. The summed E-state index contributed by atoms with van der Waals surface area (Å²) >= 11 is 1.50. The molecule has 198 valence electrons. The minimum absolute atomic E-state index is 0.193. The number of carbonyl (C=O) groups is 1. The van der Waals surface area contributed by atoms with E-state index in [4.69, 9.17) is 13.9 Å². The number of aromatic nitrogens is 2. The third kappa shape index (κ3) is 7.86. The fourth-order valence-electron chi connectivity index (χ4n) is 3.68. The lowest BCUT2D eigenvalue weighted by atomic mass is 10.2. The molecule has 0 N–H and O–H groups in total. The number of nitrogens with zero attached hydrogens (tertiary/aromatic N) is 3. The van der Waals surface area contributed by atoms with E-state index in [0.717, 1.165) is 34.9 Å². The van der Waals surface area contributed by atoms with E-state index >= 15 is 0 Å². The molecule has 0 amide bonds. The van der Waals surface area contributed by atoms with Gasteiger partial charge in [-0.2, -0.15) is 0 Å². The number of para-hydroxylation sites is 1. The molecule has 38 heavy (non-hydrogen) atoms. The molecule has 0 unspecified atom stereocenters. The maximum absolute atomic E-state index is 12.5. The average molecular weight is 532 g/mol. The van der Waals surface area contributed by atoms with Crippen LogP contribution in [0.5, 0.6) is 11.6 Å². The molecule has 0 saturated carbocycles. The Kier molecular flexibility index (Phi) is 9.43. The van der Waals surface area contributed by atoms with Crippen LogP contribution < -0.4 is 9.64 Å². The Morgan fingerprint density at radius 1 is 1.00 bits per heavy atom. The Hall–Kier alpha value is -3.78. The molecule has 0 radical (unpaired) electrons. The fraction of sp³-hybridized carbons (Fsp3) is 0.300. The molecule has 2 aromatic carbocycles.